The van der Waals surface area contributed by atoms with E-state index in [0.29, 0.717) is 11.8 Å². The molecule has 1 aliphatic carbocycles. The van der Waals surface area contributed by atoms with Gasteiger partial charge in [-0.1, -0.05) is 31.5 Å². The molecule has 3 atom stereocenters. The highest BCUT2D eigenvalue weighted by atomic mass is 35.5. The zero-order chi connectivity index (χ0) is 14.9. The molecular weight excluding hydrogens is 296 g/mol. The van der Waals surface area contributed by atoms with E-state index in [1.54, 1.807) is 18.2 Å². The summed E-state index contributed by atoms with van der Waals surface area (Å²) >= 11 is 5.99. The fraction of sp³-hybridized carbons (Fsp3) is 0.571. The number of nitrogen functional groups attached to an aromatic ring is 1. The number of hydrogen-bond acceptors (Lipinski definition) is 3. The average molecular weight is 317 g/mol. The lowest BCUT2D eigenvalue weighted by atomic mass is 9.80. The number of sulfonamides is 1. The fourth-order valence-electron chi connectivity index (χ4n) is 2.91. The second-order valence-corrected chi connectivity index (χ2v) is 7.84. The van der Waals surface area contributed by atoms with Gasteiger partial charge >= 0.3 is 0 Å². The van der Waals surface area contributed by atoms with Crippen LogP contribution in [0, 0.1) is 11.8 Å². The first kappa shape index (κ1) is 15.6. The molecule has 0 amide bonds. The molecule has 0 spiro atoms. The van der Waals surface area contributed by atoms with Gasteiger partial charge in [0.05, 0.1) is 10.7 Å². The van der Waals surface area contributed by atoms with Gasteiger partial charge in [-0.15, -0.1) is 0 Å². The van der Waals surface area contributed by atoms with Crippen molar-refractivity contribution in [3.8, 4) is 0 Å². The summed E-state index contributed by atoms with van der Waals surface area (Å²) in [6.45, 7) is 4.28. The van der Waals surface area contributed by atoms with Crippen LogP contribution in [0.1, 0.15) is 33.1 Å². The second-order valence-electron chi connectivity index (χ2n) is 5.78. The predicted molar refractivity (Wildman–Crippen MR) is 82.2 cm³/mol. The molecule has 1 aliphatic rings. The maximum Gasteiger partial charge on any atom is 0.244 e. The van der Waals surface area contributed by atoms with E-state index in [4.69, 9.17) is 17.3 Å². The average Bonchev–Trinajstić information content (AvgIpc) is 2.32. The smallest absolute Gasteiger partial charge is 0.244 e. The minimum absolute atomic E-state index is 0.00695. The number of benzene rings is 1. The summed E-state index contributed by atoms with van der Waals surface area (Å²) in [5, 5.41) is 0.161. The summed E-state index contributed by atoms with van der Waals surface area (Å²) in [5.74, 6) is 0.966. The number of halogens is 1. The van der Waals surface area contributed by atoms with Gasteiger partial charge in [-0.2, -0.15) is 0 Å². The number of nitrogens with one attached hydrogen (secondary N) is 1. The lowest BCUT2D eigenvalue weighted by molar-refractivity contribution is 0.249. The zero-order valence-electron chi connectivity index (χ0n) is 11.8. The molecule has 1 fully saturated rings. The van der Waals surface area contributed by atoms with Crippen molar-refractivity contribution in [3.63, 3.8) is 0 Å². The van der Waals surface area contributed by atoms with Crippen molar-refractivity contribution in [3.05, 3.63) is 23.2 Å². The van der Waals surface area contributed by atoms with Crippen molar-refractivity contribution < 1.29 is 8.42 Å². The molecule has 0 heterocycles. The molecule has 20 heavy (non-hydrogen) atoms. The Bertz CT molecular complexity index is 569. The quantitative estimate of drug-likeness (QED) is 0.842. The molecule has 112 valence electrons. The Morgan fingerprint density at radius 2 is 2.00 bits per heavy atom. The number of anilines is 1. The maximum atomic E-state index is 12.5. The van der Waals surface area contributed by atoms with E-state index < -0.39 is 10.0 Å². The van der Waals surface area contributed by atoms with E-state index >= 15 is 0 Å². The van der Waals surface area contributed by atoms with Crippen LogP contribution < -0.4 is 10.5 Å². The third kappa shape index (κ3) is 3.27. The molecule has 0 radical (unpaired) electrons. The van der Waals surface area contributed by atoms with Crippen LogP contribution in [0.2, 0.25) is 5.02 Å². The Balaban J connectivity index is 2.24. The molecule has 0 aromatic heterocycles. The van der Waals surface area contributed by atoms with Crippen molar-refractivity contribution in [2.75, 3.05) is 5.73 Å². The highest BCUT2D eigenvalue weighted by Gasteiger charge is 2.31. The van der Waals surface area contributed by atoms with Crippen molar-refractivity contribution in [2.45, 2.75) is 44.0 Å². The van der Waals surface area contributed by atoms with E-state index in [2.05, 4.69) is 18.6 Å². The summed E-state index contributed by atoms with van der Waals surface area (Å²) in [5.41, 5.74) is 5.95. The molecule has 0 bridgehead atoms. The summed E-state index contributed by atoms with van der Waals surface area (Å²) in [4.78, 5) is -0.00695. The van der Waals surface area contributed by atoms with Crippen LogP contribution in [0.4, 0.5) is 5.69 Å². The molecular formula is C14H21ClN2O2S. The van der Waals surface area contributed by atoms with Crippen LogP contribution in [-0.4, -0.2) is 14.5 Å². The monoisotopic (exact) mass is 316 g/mol. The zero-order valence-corrected chi connectivity index (χ0v) is 13.3. The largest absolute Gasteiger partial charge is 0.398 e. The van der Waals surface area contributed by atoms with Gasteiger partial charge in [0.25, 0.3) is 0 Å². The Hall–Kier alpha value is -0.780. The van der Waals surface area contributed by atoms with Crippen LogP contribution >= 0.6 is 11.6 Å². The van der Waals surface area contributed by atoms with Crippen LogP contribution in [-0.2, 0) is 10.0 Å². The van der Waals surface area contributed by atoms with E-state index in [-0.39, 0.29) is 21.6 Å². The molecule has 2 rings (SSSR count). The van der Waals surface area contributed by atoms with Gasteiger partial charge in [-0.05, 0) is 43.2 Å². The van der Waals surface area contributed by atoms with Crippen LogP contribution in [0.25, 0.3) is 0 Å². The third-order valence-electron chi connectivity index (χ3n) is 4.00. The maximum absolute atomic E-state index is 12.5. The van der Waals surface area contributed by atoms with Crippen molar-refractivity contribution in [1.29, 1.82) is 0 Å². The lowest BCUT2D eigenvalue weighted by Crippen LogP contribution is -2.42. The minimum atomic E-state index is -3.68. The van der Waals surface area contributed by atoms with Gasteiger partial charge in [-0.3, -0.25) is 0 Å². The Morgan fingerprint density at radius 1 is 1.30 bits per heavy atom. The second kappa shape index (κ2) is 5.92. The molecule has 0 saturated heterocycles. The van der Waals surface area contributed by atoms with E-state index in [1.807, 2.05) is 0 Å². The summed E-state index contributed by atoms with van der Waals surface area (Å²) < 4.78 is 27.8. The first-order chi connectivity index (χ1) is 9.31. The van der Waals surface area contributed by atoms with E-state index in [1.165, 1.54) is 0 Å². The van der Waals surface area contributed by atoms with Gasteiger partial charge in [0, 0.05) is 6.04 Å². The van der Waals surface area contributed by atoms with Gasteiger partial charge in [0.2, 0.25) is 10.0 Å². The molecule has 3 unspecified atom stereocenters. The van der Waals surface area contributed by atoms with Crippen molar-refractivity contribution >= 4 is 27.3 Å². The molecule has 6 heteroatoms. The molecule has 0 aliphatic heterocycles. The third-order valence-corrected chi connectivity index (χ3v) is 6.04. The van der Waals surface area contributed by atoms with Crippen LogP contribution in [0.5, 0.6) is 0 Å². The molecule has 4 nitrogen and oxygen atoms in total. The fourth-order valence-corrected chi connectivity index (χ4v) is 4.96. The number of nitrogens with two attached hydrogens (primary N) is 1. The first-order valence-electron chi connectivity index (χ1n) is 6.87. The van der Waals surface area contributed by atoms with Gasteiger partial charge in [-0.25, -0.2) is 13.1 Å². The molecule has 1 saturated carbocycles. The SMILES string of the molecule is CC1CCC(NS(=O)(=O)c2c(N)cccc2Cl)C(C)C1. The van der Waals surface area contributed by atoms with E-state index in [0.717, 1.165) is 19.3 Å². The molecule has 1 aromatic rings. The summed E-state index contributed by atoms with van der Waals surface area (Å²) in [6.07, 6.45) is 2.92. The molecule has 1 aromatic carbocycles. The minimum Gasteiger partial charge on any atom is -0.398 e. The van der Waals surface area contributed by atoms with E-state index in [9.17, 15) is 8.42 Å². The normalized spacial score (nSPS) is 27.4. The van der Waals surface area contributed by atoms with Crippen LogP contribution in [0.15, 0.2) is 23.1 Å². The highest BCUT2D eigenvalue weighted by Crippen LogP contribution is 2.32. The van der Waals surface area contributed by atoms with Crippen molar-refractivity contribution in [2.24, 2.45) is 11.8 Å². The molecule has 3 N–H and O–H groups in total. The van der Waals surface area contributed by atoms with Crippen LogP contribution in [0.3, 0.4) is 0 Å². The highest BCUT2D eigenvalue weighted by molar-refractivity contribution is 7.89. The topological polar surface area (TPSA) is 72.2 Å². The van der Waals surface area contributed by atoms with Gasteiger partial charge in [0.1, 0.15) is 4.90 Å². The standard InChI is InChI=1S/C14H21ClN2O2S/c1-9-6-7-13(10(2)8-9)17-20(18,19)14-11(15)4-3-5-12(14)16/h3-5,9-10,13,17H,6-8,16H2,1-2H3. The lowest BCUT2D eigenvalue weighted by Gasteiger charge is -2.33. The Morgan fingerprint density at radius 3 is 2.60 bits per heavy atom. The van der Waals surface area contributed by atoms with Crippen molar-refractivity contribution in [1.82, 2.24) is 4.72 Å². The van der Waals surface area contributed by atoms with Gasteiger partial charge in [0.15, 0.2) is 0 Å². The number of hydrogen-bond donors (Lipinski definition) is 2. The predicted octanol–water partition coefficient (Wildman–Crippen LogP) is 3.03. The summed E-state index contributed by atoms with van der Waals surface area (Å²) in [6, 6.07) is 4.68. The van der Waals surface area contributed by atoms with Gasteiger partial charge < -0.3 is 5.73 Å². The number of rotatable bonds is 3. The Labute approximate surface area is 125 Å². The Kier molecular flexibility index (Phi) is 4.62. The summed E-state index contributed by atoms with van der Waals surface area (Å²) in [7, 11) is -3.68. The first-order valence-corrected chi connectivity index (χ1v) is 8.73.